The monoisotopic (exact) mass is 624 g/mol. The Labute approximate surface area is 270 Å². The summed E-state index contributed by atoms with van der Waals surface area (Å²) in [6, 6.07) is 22.5. The molecule has 0 bridgehead atoms. The van der Waals surface area contributed by atoms with E-state index in [1.54, 1.807) is 47.7 Å². The zero-order valence-corrected chi connectivity index (χ0v) is 27.7. The maximum atomic E-state index is 13.6. The van der Waals surface area contributed by atoms with Crippen LogP contribution in [0, 0.1) is 6.92 Å². The number of aryl methyl sites for hydroxylation is 1. The molecule has 1 saturated heterocycles. The first-order valence-electron chi connectivity index (χ1n) is 15.7. The van der Waals surface area contributed by atoms with Crippen LogP contribution in [0.5, 0.6) is 5.75 Å². The minimum Gasteiger partial charge on any atom is -0.508 e. The Balaban J connectivity index is 1.28. The molecule has 3 aromatic carbocycles. The van der Waals surface area contributed by atoms with E-state index in [2.05, 4.69) is 60.7 Å². The summed E-state index contributed by atoms with van der Waals surface area (Å²) in [7, 11) is 0. The summed E-state index contributed by atoms with van der Waals surface area (Å²) in [5.74, 6) is -0.343. The zero-order valence-electron chi connectivity index (χ0n) is 26.8. The van der Waals surface area contributed by atoms with E-state index in [0.29, 0.717) is 30.8 Å². The van der Waals surface area contributed by atoms with Crippen molar-refractivity contribution in [2.45, 2.75) is 77.4 Å². The third-order valence-electron chi connectivity index (χ3n) is 8.59. The number of rotatable bonds is 10. The molecular weight excluding hydrogens is 580 g/mol. The lowest BCUT2D eigenvalue weighted by molar-refractivity contribution is 0.0735. The van der Waals surface area contributed by atoms with Crippen molar-refractivity contribution in [2.24, 2.45) is 0 Å². The molecule has 3 N–H and O–H groups in total. The number of para-hydroxylation sites is 1. The molecule has 3 atom stereocenters. The van der Waals surface area contributed by atoms with Crippen LogP contribution in [0.4, 0.5) is 0 Å². The van der Waals surface area contributed by atoms with Gasteiger partial charge in [0.1, 0.15) is 10.8 Å². The number of aromatic hydroxyl groups is 1. The number of phenols is 1. The summed E-state index contributed by atoms with van der Waals surface area (Å²) in [4.78, 5) is 33.7. The number of aromatic nitrogens is 1. The highest BCUT2D eigenvalue weighted by atomic mass is 32.1. The molecule has 236 valence electrons. The third kappa shape index (κ3) is 7.81. The third-order valence-corrected chi connectivity index (χ3v) is 9.66. The van der Waals surface area contributed by atoms with Gasteiger partial charge in [-0.25, -0.2) is 4.98 Å². The Hall–Kier alpha value is -4.01. The molecule has 1 aliphatic heterocycles. The van der Waals surface area contributed by atoms with Crippen molar-refractivity contribution in [1.29, 1.82) is 0 Å². The van der Waals surface area contributed by atoms with E-state index >= 15 is 0 Å². The molecule has 8 heteroatoms. The summed E-state index contributed by atoms with van der Waals surface area (Å²) in [6.07, 6.45) is 1.82. The van der Waals surface area contributed by atoms with Gasteiger partial charge in [-0.1, -0.05) is 69.3 Å². The van der Waals surface area contributed by atoms with E-state index in [-0.39, 0.29) is 41.0 Å². The Kier molecular flexibility index (Phi) is 10.0. The molecule has 1 aliphatic rings. The Morgan fingerprint density at radius 2 is 1.80 bits per heavy atom. The van der Waals surface area contributed by atoms with Crippen LogP contribution in [0.25, 0.3) is 0 Å². The molecule has 7 nitrogen and oxygen atoms in total. The molecule has 0 radical (unpaired) electrons. The van der Waals surface area contributed by atoms with Gasteiger partial charge in [-0.2, -0.15) is 0 Å². The van der Waals surface area contributed by atoms with E-state index in [0.717, 1.165) is 29.1 Å². The first-order valence-corrected chi connectivity index (χ1v) is 16.6. The fourth-order valence-electron chi connectivity index (χ4n) is 6.02. The highest BCUT2D eigenvalue weighted by Crippen LogP contribution is 2.35. The molecule has 0 spiro atoms. The second-order valence-electron chi connectivity index (χ2n) is 13.1. The van der Waals surface area contributed by atoms with Gasteiger partial charge in [0.2, 0.25) is 0 Å². The number of carbonyl (C=O) groups is 2. The maximum Gasteiger partial charge on any atom is 0.254 e. The lowest BCUT2D eigenvalue weighted by Crippen LogP contribution is -2.41. The lowest BCUT2D eigenvalue weighted by atomic mass is 9.86. The van der Waals surface area contributed by atoms with Crippen LogP contribution in [-0.4, -0.2) is 45.9 Å². The molecule has 1 fully saturated rings. The normalized spacial score (nSPS) is 16.4. The standard InChI is InChI=1S/C37H44N4O3S/c1-24-23-45-35(39-24)32-16-10-18-41(32)36(44)28-13-9-12-27(20-28)34(43)40-25(2)31(30-15-6-7-17-33(30)42)22-38-21-26-11-8-14-29(19-26)37(3,4)5/h6-9,11-15,17,19-20,23,25,31-32,38,42H,10,16,18,21-22H2,1-5H3,(H,40,43)/t25-,31+,32+/m0/s1. The van der Waals surface area contributed by atoms with Crippen molar-refractivity contribution < 1.29 is 14.7 Å². The van der Waals surface area contributed by atoms with Gasteiger partial charge in [0.25, 0.3) is 11.8 Å². The number of thiazole rings is 1. The fraction of sp³-hybridized carbons (Fsp3) is 0.378. The van der Waals surface area contributed by atoms with Crippen LogP contribution in [0.3, 0.4) is 0 Å². The van der Waals surface area contributed by atoms with Gasteiger partial charge >= 0.3 is 0 Å². The summed E-state index contributed by atoms with van der Waals surface area (Å²) < 4.78 is 0. The van der Waals surface area contributed by atoms with E-state index in [1.165, 1.54) is 11.1 Å². The van der Waals surface area contributed by atoms with Crippen LogP contribution >= 0.6 is 11.3 Å². The number of hydrogen-bond acceptors (Lipinski definition) is 6. The predicted octanol–water partition coefficient (Wildman–Crippen LogP) is 7.12. The van der Waals surface area contributed by atoms with Crippen LogP contribution in [0.1, 0.15) is 101 Å². The van der Waals surface area contributed by atoms with Gasteiger partial charge in [-0.3, -0.25) is 9.59 Å². The van der Waals surface area contributed by atoms with Gasteiger partial charge in [0, 0.05) is 59.4 Å². The second kappa shape index (κ2) is 14.0. The number of amides is 2. The number of phenolic OH excluding ortho intramolecular Hbond substituents is 1. The highest BCUT2D eigenvalue weighted by molar-refractivity contribution is 7.09. The maximum absolute atomic E-state index is 13.6. The summed E-state index contributed by atoms with van der Waals surface area (Å²) >= 11 is 1.59. The van der Waals surface area contributed by atoms with Crippen LogP contribution in [0.2, 0.25) is 0 Å². The number of hydrogen-bond donors (Lipinski definition) is 3. The van der Waals surface area contributed by atoms with Gasteiger partial charge in [-0.15, -0.1) is 11.3 Å². The fourth-order valence-corrected chi connectivity index (χ4v) is 6.96. The average Bonchev–Trinajstić information content (AvgIpc) is 3.68. The summed E-state index contributed by atoms with van der Waals surface area (Å²) in [5.41, 5.74) is 5.17. The Morgan fingerprint density at radius 1 is 1.04 bits per heavy atom. The van der Waals surface area contributed by atoms with Gasteiger partial charge in [0.15, 0.2) is 0 Å². The minimum absolute atomic E-state index is 0.0311. The summed E-state index contributed by atoms with van der Waals surface area (Å²) in [6.45, 7) is 12.4. The molecular formula is C37H44N4O3S. The first kappa shape index (κ1) is 32.4. The van der Waals surface area contributed by atoms with Crippen molar-refractivity contribution >= 4 is 23.2 Å². The molecule has 4 aromatic rings. The molecule has 45 heavy (non-hydrogen) atoms. The number of benzene rings is 3. The smallest absolute Gasteiger partial charge is 0.254 e. The van der Waals surface area contributed by atoms with Crippen molar-refractivity contribution in [3.05, 3.63) is 117 Å². The molecule has 0 saturated carbocycles. The van der Waals surface area contributed by atoms with Crippen molar-refractivity contribution in [3.63, 3.8) is 0 Å². The average molecular weight is 625 g/mol. The SMILES string of the molecule is Cc1csc([C@H]2CCCN2C(=O)c2cccc(C(=O)N[C@@H](C)[C@@H](CNCc3cccc(C(C)(C)C)c3)c3ccccc3O)c2)n1. The number of nitrogens with one attached hydrogen (secondary N) is 2. The number of nitrogens with zero attached hydrogens (tertiary/aromatic N) is 2. The van der Waals surface area contributed by atoms with Crippen LogP contribution in [0.15, 0.2) is 78.2 Å². The van der Waals surface area contributed by atoms with Crippen LogP contribution < -0.4 is 10.6 Å². The molecule has 1 aromatic heterocycles. The van der Waals surface area contributed by atoms with Crippen molar-refractivity contribution in [3.8, 4) is 5.75 Å². The van der Waals surface area contributed by atoms with E-state index in [9.17, 15) is 14.7 Å². The molecule has 0 aliphatic carbocycles. The van der Waals surface area contributed by atoms with Crippen molar-refractivity contribution in [2.75, 3.05) is 13.1 Å². The van der Waals surface area contributed by atoms with Crippen LogP contribution in [-0.2, 0) is 12.0 Å². The zero-order chi connectivity index (χ0) is 32.1. The predicted molar refractivity (Wildman–Crippen MR) is 181 cm³/mol. The molecule has 5 rings (SSSR count). The van der Waals surface area contributed by atoms with E-state index < -0.39 is 0 Å². The van der Waals surface area contributed by atoms with Gasteiger partial charge in [0.05, 0.1) is 6.04 Å². The molecule has 2 heterocycles. The Morgan fingerprint density at radius 3 is 2.53 bits per heavy atom. The topological polar surface area (TPSA) is 94.6 Å². The summed E-state index contributed by atoms with van der Waals surface area (Å²) in [5, 5.41) is 20.4. The van der Waals surface area contributed by atoms with Crippen molar-refractivity contribution in [1.82, 2.24) is 20.5 Å². The van der Waals surface area contributed by atoms with Gasteiger partial charge < -0.3 is 20.6 Å². The quantitative estimate of drug-likeness (QED) is 0.175. The minimum atomic E-state index is -0.310. The second-order valence-corrected chi connectivity index (χ2v) is 14.0. The Bertz CT molecular complexity index is 1640. The van der Waals surface area contributed by atoms with E-state index in [1.807, 2.05) is 36.3 Å². The van der Waals surface area contributed by atoms with Gasteiger partial charge in [-0.05, 0) is 67.5 Å². The number of likely N-dealkylation sites (tertiary alicyclic amines) is 1. The van der Waals surface area contributed by atoms with E-state index in [4.69, 9.17) is 0 Å². The molecule has 2 amide bonds. The molecule has 0 unspecified atom stereocenters. The number of carbonyl (C=O) groups excluding carboxylic acids is 2. The lowest BCUT2D eigenvalue weighted by Gasteiger charge is -2.27. The largest absolute Gasteiger partial charge is 0.508 e. The first-order chi connectivity index (χ1) is 21.5. The highest BCUT2D eigenvalue weighted by Gasteiger charge is 2.33.